The van der Waals surface area contributed by atoms with Gasteiger partial charge in [-0.25, -0.2) is 0 Å². The Labute approximate surface area is 109 Å². The maximum atomic E-state index is 11.8. The number of benzene rings is 1. The molecule has 0 aromatic heterocycles. The number of hydrogen-bond donors (Lipinski definition) is 1. The van der Waals surface area contributed by atoms with Crippen molar-refractivity contribution in [1.82, 2.24) is 4.90 Å². The molecule has 0 aliphatic carbocycles. The van der Waals surface area contributed by atoms with Crippen LogP contribution >= 0.6 is 0 Å². The molecule has 1 rings (SSSR count). The quantitative estimate of drug-likeness (QED) is 0.620. The molecule has 1 unspecified atom stereocenters. The number of carbonyl (C=O) groups is 1. The molecule has 0 bridgehead atoms. The van der Waals surface area contributed by atoms with Gasteiger partial charge in [-0.2, -0.15) is 0 Å². The summed E-state index contributed by atoms with van der Waals surface area (Å²) in [7, 11) is 1.91. The lowest BCUT2D eigenvalue weighted by Gasteiger charge is -2.25. The molecule has 4 nitrogen and oxygen atoms in total. The Bertz CT molecular complexity index is 393. The van der Waals surface area contributed by atoms with Crippen molar-refractivity contribution in [2.24, 2.45) is 0 Å². The summed E-state index contributed by atoms with van der Waals surface area (Å²) in [6.07, 6.45) is 0.724. The van der Waals surface area contributed by atoms with Crippen LogP contribution in [0.3, 0.4) is 0 Å². The van der Waals surface area contributed by atoms with Gasteiger partial charge >= 0.3 is 5.97 Å². The molecule has 0 saturated carbocycles. The summed E-state index contributed by atoms with van der Waals surface area (Å²) in [5.74, 6) is -0.169. The van der Waals surface area contributed by atoms with E-state index in [-0.39, 0.29) is 12.0 Å². The molecular formula is C14H22N2O2. The predicted octanol–water partition coefficient (Wildman–Crippen LogP) is 2.04. The molecule has 0 aliphatic rings. The number of para-hydroxylation sites is 1. The van der Waals surface area contributed by atoms with Gasteiger partial charge in [0.2, 0.25) is 0 Å². The van der Waals surface area contributed by atoms with Crippen LogP contribution in [0.2, 0.25) is 0 Å². The van der Waals surface area contributed by atoms with Crippen LogP contribution in [-0.2, 0) is 16.1 Å². The Balaban J connectivity index is 2.71. The van der Waals surface area contributed by atoms with E-state index in [1.165, 1.54) is 0 Å². The predicted molar refractivity (Wildman–Crippen MR) is 73.0 cm³/mol. The van der Waals surface area contributed by atoms with Gasteiger partial charge in [0.1, 0.15) is 6.04 Å². The highest BCUT2D eigenvalue weighted by Crippen LogP contribution is 2.15. The van der Waals surface area contributed by atoms with Gasteiger partial charge in [-0.1, -0.05) is 25.1 Å². The standard InChI is InChI=1S/C14H22N2O2/c1-4-13(14(17)18-5-2)16(3)10-11-8-6-7-9-12(11)15/h6-9,13H,4-5,10,15H2,1-3H3. The van der Waals surface area contributed by atoms with E-state index < -0.39 is 0 Å². The molecule has 1 aromatic carbocycles. The zero-order valence-corrected chi connectivity index (χ0v) is 11.3. The first-order valence-corrected chi connectivity index (χ1v) is 6.30. The molecule has 0 heterocycles. The van der Waals surface area contributed by atoms with Crippen molar-refractivity contribution in [1.29, 1.82) is 0 Å². The third-order valence-electron chi connectivity index (χ3n) is 2.95. The molecule has 0 fully saturated rings. The molecule has 0 amide bonds. The maximum absolute atomic E-state index is 11.8. The highest BCUT2D eigenvalue weighted by atomic mass is 16.5. The fourth-order valence-corrected chi connectivity index (χ4v) is 1.95. The Kier molecular flexibility index (Phi) is 5.65. The average Bonchev–Trinajstić information content (AvgIpc) is 2.33. The zero-order valence-electron chi connectivity index (χ0n) is 11.3. The van der Waals surface area contributed by atoms with Crippen LogP contribution in [0.25, 0.3) is 0 Å². The van der Waals surface area contributed by atoms with Crippen molar-refractivity contribution in [3.8, 4) is 0 Å². The highest BCUT2D eigenvalue weighted by molar-refractivity contribution is 5.75. The molecule has 1 atom stereocenters. The van der Waals surface area contributed by atoms with E-state index in [4.69, 9.17) is 10.5 Å². The van der Waals surface area contributed by atoms with Crippen LogP contribution in [0.4, 0.5) is 5.69 Å². The summed E-state index contributed by atoms with van der Waals surface area (Å²) in [5.41, 5.74) is 7.69. The number of ether oxygens (including phenoxy) is 1. The monoisotopic (exact) mass is 250 g/mol. The summed E-state index contributed by atoms with van der Waals surface area (Å²) in [6.45, 7) is 4.85. The van der Waals surface area contributed by atoms with Crippen LogP contribution in [0.1, 0.15) is 25.8 Å². The Morgan fingerprint density at radius 1 is 1.39 bits per heavy atom. The minimum atomic E-state index is -0.218. The Morgan fingerprint density at radius 3 is 2.61 bits per heavy atom. The second-order valence-corrected chi connectivity index (χ2v) is 4.29. The Morgan fingerprint density at radius 2 is 2.06 bits per heavy atom. The number of nitrogens with zero attached hydrogens (tertiary/aromatic N) is 1. The maximum Gasteiger partial charge on any atom is 0.323 e. The van der Waals surface area contributed by atoms with Gasteiger partial charge in [-0.05, 0) is 32.0 Å². The number of esters is 1. The van der Waals surface area contributed by atoms with E-state index in [1.54, 1.807) is 0 Å². The smallest absolute Gasteiger partial charge is 0.323 e. The topological polar surface area (TPSA) is 55.6 Å². The number of rotatable bonds is 6. The highest BCUT2D eigenvalue weighted by Gasteiger charge is 2.22. The Hall–Kier alpha value is -1.55. The molecule has 0 aliphatic heterocycles. The SMILES string of the molecule is CCOC(=O)C(CC)N(C)Cc1ccccc1N. The molecule has 18 heavy (non-hydrogen) atoms. The van der Waals surface area contributed by atoms with Crippen molar-refractivity contribution in [2.75, 3.05) is 19.4 Å². The summed E-state index contributed by atoms with van der Waals surface area (Å²) in [6, 6.07) is 7.48. The second-order valence-electron chi connectivity index (χ2n) is 4.29. The number of carbonyl (C=O) groups excluding carboxylic acids is 1. The molecule has 4 heteroatoms. The first kappa shape index (κ1) is 14.5. The number of nitrogens with two attached hydrogens (primary N) is 1. The average molecular weight is 250 g/mol. The molecule has 1 aromatic rings. The van der Waals surface area contributed by atoms with Crippen molar-refractivity contribution < 1.29 is 9.53 Å². The normalized spacial score (nSPS) is 12.4. The summed E-state index contributed by atoms with van der Waals surface area (Å²) < 4.78 is 5.07. The van der Waals surface area contributed by atoms with E-state index in [0.29, 0.717) is 13.2 Å². The van der Waals surface area contributed by atoms with Gasteiger partial charge in [0.05, 0.1) is 6.61 Å². The van der Waals surface area contributed by atoms with Gasteiger partial charge in [-0.15, -0.1) is 0 Å². The number of hydrogen-bond acceptors (Lipinski definition) is 4. The lowest BCUT2D eigenvalue weighted by molar-refractivity contribution is -0.149. The summed E-state index contributed by atoms with van der Waals surface area (Å²) >= 11 is 0. The van der Waals surface area contributed by atoms with E-state index in [1.807, 2.05) is 50.1 Å². The summed E-state index contributed by atoms with van der Waals surface area (Å²) in [5, 5.41) is 0. The van der Waals surface area contributed by atoms with E-state index in [0.717, 1.165) is 17.7 Å². The van der Waals surface area contributed by atoms with Crippen LogP contribution in [-0.4, -0.2) is 30.6 Å². The van der Waals surface area contributed by atoms with E-state index in [9.17, 15) is 4.79 Å². The molecule has 2 N–H and O–H groups in total. The van der Waals surface area contributed by atoms with Crippen molar-refractivity contribution >= 4 is 11.7 Å². The van der Waals surface area contributed by atoms with Crippen molar-refractivity contribution in [3.63, 3.8) is 0 Å². The largest absolute Gasteiger partial charge is 0.465 e. The molecular weight excluding hydrogens is 228 g/mol. The molecule has 100 valence electrons. The minimum Gasteiger partial charge on any atom is -0.465 e. The molecule has 0 saturated heterocycles. The number of likely N-dealkylation sites (N-methyl/N-ethyl adjacent to an activating group) is 1. The lowest BCUT2D eigenvalue weighted by atomic mass is 10.1. The first-order chi connectivity index (χ1) is 8.60. The van der Waals surface area contributed by atoms with Crippen LogP contribution in [0, 0.1) is 0 Å². The fourth-order valence-electron chi connectivity index (χ4n) is 1.95. The number of anilines is 1. The van der Waals surface area contributed by atoms with Gasteiger partial charge in [-0.3, -0.25) is 9.69 Å². The van der Waals surface area contributed by atoms with E-state index >= 15 is 0 Å². The second kappa shape index (κ2) is 7.01. The third kappa shape index (κ3) is 3.74. The van der Waals surface area contributed by atoms with Gasteiger partial charge in [0.25, 0.3) is 0 Å². The zero-order chi connectivity index (χ0) is 13.5. The summed E-state index contributed by atoms with van der Waals surface area (Å²) in [4.78, 5) is 13.8. The van der Waals surface area contributed by atoms with Gasteiger partial charge < -0.3 is 10.5 Å². The van der Waals surface area contributed by atoms with Gasteiger partial charge in [0.15, 0.2) is 0 Å². The van der Waals surface area contributed by atoms with Crippen LogP contribution in [0.5, 0.6) is 0 Å². The third-order valence-corrected chi connectivity index (χ3v) is 2.95. The number of nitrogen functional groups attached to an aromatic ring is 1. The van der Waals surface area contributed by atoms with Gasteiger partial charge in [0, 0.05) is 12.2 Å². The van der Waals surface area contributed by atoms with Crippen LogP contribution in [0.15, 0.2) is 24.3 Å². The fraction of sp³-hybridized carbons (Fsp3) is 0.500. The molecule has 0 spiro atoms. The first-order valence-electron chi connectivity index (χ1n) is 6.30. The molecule has 0 radical (unpaired) electrons. The van der Waals surface area contributed by atoms with E-state index in [2.05, 4.69) is 0 Å². The lowest BCUT2D eigenvalue weighted by Crippen LogP contribution is -2.38. The van der Waals surface area contributed by atoms with Crippen LogP contribution < -0.4 is 5.73 Å². The van der Waals surface area contributed by atoms with Crippen molar-refractivity contribution in [3.05, 3.63) is 29.8 Å². The minimum absolute atomic E-state index is 0.169. The van der Waals surface area contributed by atoms with Crippen molar-refractivity contribution in [2.45, 2.75) is 32.9 Å².